The van der Waals surface area contributed by atoms with Gasteiger partial charge in [0.2, 0.25) is 0 Å². The van der Waals surface area contributed by atoms with E-state index in [0.29, 0.717) is 5.92 Å². The van der Waals surface area contributed by atoms with E-state index in [2.05, 4.69) is 34.1 Å². The minimum Gasteiger partial charge on any atom is -0.497 e. The molecule has 4 nitrogen and oxygen atoms in total. The van der Waals surface area contributed by atoms with Gasteiger partial charge in [0, 0.05) is 37.4 Å². The number of benzene rings is 1. The summed E-state index contributed by atoms with van der Waals surface area (Å²) in [5, 5.41) is 0. The van der Waals surface area contributed by atoms with Crippen molar-refractivity contribution >= 4 is 0 Å². The zero-order valence-corrected chi connectivity index (χ0v) is 13.6. The molecule has 0 bridgehead atoms. The van der Waals surface area contributed by atoms with Crippen LogP contribution in [0.2, 0.25) is 0 Å². The largest absolute Gasteiger partial charge is 0.497 e. The van der Waals surface area contributed by atoms with Crippen LogP contribution in [0.5, 0.6) is 5.75 Å². The first kappa shape index (κ1) is 16.0. The molecule has 1 unspecified atom stereocenters. The summed E-state index contributed by atoms with van der Waals surface area (Å²) in [6.45, 7) is 4.59. The van der Waals surface area contributed by atoms with Crippen LogP contribution in [0.1, 0.15) is 11.3 Å². The maximum absolute atomic E-state index is 5.79. The first-order valence-corrected chi connectivity index (χ1v) is 8.16. The summed E-state index contributed by atoms with van der Waals surface area (Å²) < 4.78 is 11.0. The van der Waals surface area contributed by atoms with Crippen LogP contribution in [0.25, 0.3) is 0 Å². The second-order valence-electron chi connectivity index (χ2n) is 6.05. The molecule has 1 aliphatic heterocycles. The SMILES string of the molecule is COc1ccc(CN2CCOCC(Cc3ccccn3)C2)cc1. The Morgan fingerprint density at radius 3 is 2.83 bits per heavy atom. The van der Waals surface area contributed by atoms with Gasteiger partial charge in [-0.05, 0) is 36.2 Å². The first-order chi connectivity index (χ1) is 11.3. The summed E-state index contributed by atoms with van der Waals surface area (Å²) in [4.78, 5) is 6.92. The minimum atomic E-state index is 0.491. The molecule has 1 aromatic heterocycles. The number of hydrogen-bond donors (Lipinski definition) is 0. The third kappa shape index (κ3) is 4.78. The highest BCUT2D eigenvalue weighted by Crippen LogP contribution is 2.17. The maximum atomic E-state index is 5.79. The van der Waals surface area contributed by atoms with E-state index in [4.69, 9.17) is 9.47 Å². The van der Waals surface area contributed by atoms with Crippen molar-refractivity contribution in [2.24, 2.45) is 5.92 Å². The minimum absolute atomic E-state index is 0.491. The zero-order chi connectivity index (χ0) is 15.9. The highest BCUT2D eigenvalue weighted by atomic mass is 16.5. The predicted octanol–water partition coefficient (Wildman–Crippen LogP) is 2.78. The third-order valence-corrected chi connectivity index (χ3v) is 4.21. The van der Waals surface area contributed by atoms with Crippen molar-refractivity contribution in [3.63, 3.8) is 0 Å². The number of methoxy groups -OCH3 is 1. The summed E-state index contributed by atoms with van der Waals surface area (Å²) in [5.74, 6) is 1.40. The molecule has 1 aliphatic rings. The molecule has 0 spiro atoms. The van der Waals surface area contributed by atoms with Gasteiger partial charge in [-0.1, -0.05) is 18.2 Å². The highest BCUT2D eigenvalue weighted by molar-refractivity contribution is 5.27. The lowest BCUT2D eigenvalue weighted by atomic mass is 10.0. The Kier molecular flexibility index (Phi) is 5.61. The molecule has 4 heteroatoms. The lowest BCUT2D eigenvalue weighted by Crippen LogP contribution is -2.30. The van der Waals surface area contributed by atoms with Crippen molar-refractivity contribution in [2.45, 2.75) is 13.0 Å². The van der Waals surface area contributed by atoms with Crippen molar-refractivity contribution in [1.82, 2.24) is 9.88 Å². The highest BCUT2D eigenvalue weighted by Gasteiger charge is 2.19. The fraction of sp³-hybridized carbons (Fsp3) is 0.421. The van der Waals surface area contributed by atoms with E-state index in [1.807, 2.05) is 24.4 Å². The number of hydrogen-bond acceptors (Lipinski definition) is 4. The van der Waals surface area contributed by atoms with Crippen molar-refractivity contribution in [2.75, 3.05) is 33.4 Å². The molecule has 0 aliphatic carbocycles. The summed E-state index contributed by atoms with van der Waals surface area (Å²) in [6, 6.07) is 14.4. The number of rotatable bonds is 5. The summed E-state index contributed by atoms with van der Waals surface area (Å²) >= 11 is 0. The van der Waals surface area contributed by atoms with Crippen molar-refractivity contribution < 1.29 is 9.47 Å². The molecule has 3 rings (SSSR count). The van der Waals surface area contributed by atoms with Gasteiger partial charge < -0.3 is 9.47 Å². The molecule has 2 heterocycles. The van der Waals surface area contributed by atoms with Gasteiger partial charge in [0.15, 0.2) is 0 Å². The molecule has 23 heavy (non-hydrogen) atoms. The van der Waals surface area contributed by atoms with E-state index in [9.17, 15) is 0 Å². The molecule has 1 fully saturated rings. The van der Waals surface area contributed by atoms with Crippen LogP contribution in [-0.2, 0) is 17.7 Å². The molecule has 0 saturated carbocycles. The van der Waals surface area contributed by atoms with Gasteiger partial charge in [-0.15, -0.1) is 0 Å². The predicted molar refractivity (Wildman–Crippen MR) is 90.5 cm³/mol. The second-order valence-corrected chi connectivity index (χ2v) is 6.05. The Hall–Kier alpha value is -1.91. The topological polar surface area (TPSA) is 34.6 Å². The Balaban J connectivity index is 1.60. The van der Waals surface area contributed by atoms with Crippen LogP contribution < -0.4 is 4.74 Å². The van der Waals surface area contributed by atoms with E-state index in [-0.39, 0.29) is 0 Å². The van der Waals surface area contributed by atoms with Crippen LogP contribution in [0, 0.1) is 5.92 Å². The number of ether oxygens (including phenoxy) is 2. The molecule has 1 atom stereocenters. The van der Waals surface area contributed by atoms with Gasteiger partial charge in [0.25, 0.3) is 0 Å². The van der Waals surface area contributed by atoms with Gasteiger partial charge >= 0.3 is 0 Å². The van der Waals surface area contributed by atoms with Gasteiger partial charge in [-0.25, -0.2) is 0 Å². The Morgan fingerprint density at radius 2 is 2.09 bits per heavy atom. The van der Waals surface area contributed by atoms with Crippen LogP contribution in [-0.4, -0.2) is 43.3 Å². The summed E-state index contributed by atoms with van der Waals surface area (Å²) in [5.41, 5.74) is 2.46. The van der Waals surface area contributed by atoms with Crippen molar-refractivity contribution in [3.8, 4) is 5.75 Å². The number of pyridine rings is 1. The van der Waals surface area contributed by atoms with Gasteiger partial charge in [0.1, 0.15) is 5.75 Å². The molecule has 122 valence electrons. The van der Waals surface area contributed by atoms with E-state index in [0.717, 1.165) is 50.7 Å². The van der Waals surface area contributed by atoms with Gasteiger partial charge in [0.05, 0.1) is 20.3 Å². The molecular formula is C19H24N2O2. The third-order valence-electron chi connectivity index (χ3n) is 4.21. The lowest BCUT2D eigenvalue weighted by Gasteiger charge is -2.23. The molecular weight excluding hydrogens is 288 g/mol. The average molecular weight is 312 g/mol. The quantitative estimate of drug-likeness (QED) is 0.850. The summed E-state index contributed by atoms with van der Waals surface area (Å²) in [6.07, 6.45) is 2.84. The molecule has 0 amide bonds. The fourth-order valence-corrected chi connectivity index (χ4v) is 3.02. The van der Waals surface area contributed by atoms with Gasteiger partial charge in [-0.3, -0.25) is 9.88 Å². The second kappa shape index (κ2) is 8.09. The monoisotopic (exact) mass is 312 g/mol. The van der Waals surface area contributed by atoms with E-state index >= 15 is 0 Å². The molecule has 2 aromatic rings. The lowest BCUT2D eigenvalue weighted by molar-refractivity contribution is 0.121. The maximum Gasteiger partial charge on any atom is 0.118 e. The average Bonchev–Trinajstić information content (AvgIpc) is 2.81. The first-order valence-electron chi connectivity index (χ1n) is 8.16. The van der Waals surface area contributed by atoms with Crippen molar-refractivity contribution in [3.05, 3.63) is 59.9 Å². The number of nitrogens with zero attached hydrogens (tertiary/aromatic N) is 2. The Morgan fingerprint density at radius 1 is 1.22 bits per heavy atom. The van der Waals surface area contributed by atoms with E-state index in [1.165, 1.54) is 5.56 Å². The summed E-state index contributed by atoms with van der Waals surface area (Å²) in [7, 11) is 1.70. The van der Waals surface area contributed by atoms with Crippen LogP contribution >= 0.6 is 0 Å². The van der Waals surface area contributed by atoms with Crippen LogP contribution in [0.4, 0.5) is 0 Å². The number of aromatic nitrogens is 1. The Bertz CT molecular complexity index is 586. The van der Waals surface area contributed by atoms with E-state index < -0.39 is 0 Å². The van der Waals surface area contributed by atoms with Gasteiger partial charge in [-0.2, -0.15) is 0 Å². The fourth-order valence-electron chi connectivity index (χ4n) is 3.02. The molecule has 0 N–H and O–H groups in total. The Labute approximate surface area is 138 Å². The molecule has 1 saturated heterocycles. The van der Waals surface area contributed by atoms with Crippen LogP contribution in [0.15, 0.2) is 48.7 Å². The molecule has 0 radical (unpaired) electrons. The zero-order valence-electron chi connectivity index (χ0n) is 13.6. The van der Waals surface area contributed by atoms with Crippen LogP contribution in [0.3, 0.4) is 0 Å². The van der Waals surface area contributed by atoms with Crippen molar-refractivity contribution in [1.29, 1.82) is 0 Å². The molecule has 1 aromatic carbocycles. The normalized spacial score (nSPS) is 19.3. The smallest absolute Gasteiger partial charge is 0.118 e. The van der Waals surface area contributed by atoms with E-state index in [1.54, 1.807) is 7.11 Å². The standard InChI is InChI=1S/C19H24N2O2/c1-22-19-7-5-16(6-8-19)13-21-10-11-23-15-17(14-21)12-18-4-2-3-9-20-18/h2-9,17H,10-15H2,1H3.